The first kappa shape index (κ1) is 27.7. The predicted octanol–water partition coefficient (Wildman–Crippen LogP) is 5.01. The summed E-state index contributed by atoms with van der Waals surface area (Å²) in [6.45, 7) is 12.4. The first-order chi connectivity index (χ1) is 17.5. The number of carbonyl (C=O) groups is 2. The number of hydrogen-bond donors (Lipinski definition) is 1. The molecule has 7 nitrogen and oxygen atoms in total. The molecule has 3 aliphatic rings. The van der Waals surface area contributed by atoms with Crippen molar-refractivity contribution in [1.29, 1.82) is 0 Å². The van der Waals surface area contributed by atoms with Crippen LogP contribution in [-0.2, 0) is 19.7 Å². The Labute approximate surface area is 221 Å². The van der Waals surface area contributed by atoms with Crippen LogP contribution >= 0.6 is 0 Å². The molecule has 37 heavy (non-hydrogen) atoms. The SMILES string of the molecule is C[C@@H]1CN(C(=O)[C@H](CC2CCCCC2)OC(=O)N[C@@H](C)CN2CC(C)(C)c3cc(F)ccc32)C[C@H](C)O1. The molecule has 0 aromatic heterocycles. The highest BCUT2D eigenvalue weighted by atomic mass is 19.1. The summed E-state index contributed by atoms with van der Waals surface area (Å²) >= 11 is 0. The molecule has 1 saturated heterocycles. The summed E-state index contributed by atoms with van der Waals surface area (Å²) in [6.07, 6.45) is 4.84. The van der Waals surface area contributed by atoms with E-state index >= 15 is 0 Å². The fourth-order valence-corrected chi connectivity index (χ4v) is 6.36. The van der Waals surface area contributed by atoms with Crippen molar-refractivity contribution in [2.45, 2.75) is 103 Å². The normalized spacial score (nSPS) is 25.4. The fraction of sp³-hybridized carbons (Fsp3) is 0.724. The van der Waals surface area contributed by atoms with Crippen molar-refractivity contribution >= 4 is 17.7 Å². The Kier molecular flexibility index (Phi) is 8.66. The number of fused-ring (bicyclic) bond motifs is 1. The first-order valence-corrected chi connectivity index (χ1v) is 14.0. The van der Waals surface area contributed by atoms with E-state index in [4.69, 9.17) is 9.47 Å². The van der Waals surface area contributed by atoms with Gasteiger partial charge in [0.1, 0.15) is 5.82 Å². The number of alkyl carbamates (subject to hydrolysis) is 1. The highest BCUT2D eigenvalue weighted by Gasteiger charge is 2.37. The number of rotatable bonds is 7. The van der Waals surface area contributed by atoms with Gasteiger partial charge in [0.05, 0.1) is 12.2 Å². The second-order valence-electron chi connectivity index (χ2n) is 12.1. The summed E-state index contributed by atoms with van der Waals surface area (Å²) in [5.41, 5.74) is 1.80. The molecule has 4 rings (SSSR count). The molecule has 206 valence electrons. The quantitative estimate of drug-likeness (QED) is 0.550. The minimum absolute atomic E-state index is 0.0436. The maximum absolute atomic E-state index is 13.9. The van der Waals surface area contributed by atoms with Gasteiger partial charge in [0.15, 0.2) is 6.10 Å². The smallest absolute Gasteiger partial charge is 0.408 e. The zero-order chi connectivity index (χ0) is 26.7. The Bertz CT molecular complexity index is 954. The third-order valence-electron chi connectivity index (χ3n) is 8.00. The van der Waals surface area contributed by atoms with Crippen LogP contribution in [0.3, 0.4) is 0 Å². The molecule has 2 heterocycles. The largest absolute Gasteiger partial charge is 0.436 e. The molecule has 0 bridgehead atoms. The van der Waals surface area contributed by atoms with Crippen LogP contribution < -0.4 is 10.2 Å². The summed E-state index contributed by atoms with van der Waals surface area (Å²) in [4.78, 5) is 30.5. The minimum atomic E-state index is -0.790. The maximum atomic E-state index is 13.9. The van der Waals surface area contributed by atoms with E-state index in [9.17, 15) is 14.0 Å². The minimum Gasteiger partial charge on any atom is -0.436 e. The van der Waals surface area contributed by atoms with Gasteiger partial charge in [-0.1, -0.05) is 46.0 Å². The lowest BCUT2D eigenvalue weighted by molar-refractivity contribution is -0.153. The van der Waals surface area contributed by atoms with Crippen molar-refractivity contribution in [3.8, 4) is 0 Å². The molecular formula is C29H44FN3O4. The number of halogens is 1. The highest BCUT2D eigenvalue weighted by molar-refractivity contribution is 5.83. The second-order valence-corrected chi connectivity index (χ2v) is 12.1. The molecular weight excluding hydrogens is 473 g/mol. The van der Waals surface area contributed by atoms with Crippen LogP contribution in [0.2, 0.25) is 0 Å². The number of morpholine rings is 1. The predicted molar refractivity (Wildman–Crippen MR) is 142 cm³/mol. The summed E-state index contributed by atoms with van der Waals surface area (Å²) in [6, 6.07) is 4.69. The van der Waals surface area contributed by atoms with E-state index in [1.54, 1.807) is 11.0 Å². The highest BCUT2D eigenvalue weighted by Crippen LogP contribution is 2.40. The van der Waals surface area contributed by atoms with Crippen LogP contribution in [0.15, 0.2) is 18.2 Å². The Hall–Kier alpha value is -2.35. The second kappa shape index (κ2) is 11.6. The van der Waals surface area contributed by atoms with Crippen molar-refractivity contribution in [3.63, 3.8) is 0 Å². The van der Waals surface area contributed by atoms with Crippen molar-refractivity contribution < 1.29 is 23.5 Å². The Morgan fingerprint density at radius 3 is 2.51 bits per heavy atom. The van der Waals surface area contributed by atoms with Gasteiger partial charge >= 0.3 is 6.09 Å². The molecule has 0 unspecified atom stereocenters. The number of carbonyl (C=O) groups excluding carboxylic acids is 2. The number of nitrogens with zero attached hydrogens (tertiary/aromatic N) is 2. The van der Waals surface area contributed by atoms with Gasteiger partial charge in [-0.15, -0.1) is 0 Å². The molecule has 4 atom stereocenters. The van der Waals surface area contributed by atoms with E-state index in [2.05, 4.69) is 24.1 Å². The average Bonchev–Trinajstić information content (AvgIpc) is 3.06. The van der Waals surface area contributed by atoms with Crippen LogP contribution in [-0.4, -0.2) is 67.4 Å². The number of hydrogen-bond acceptors (Lipinski definition) is 5. The summed E-state index contributed by atoms with van der Waals surface area (Å²) in [5.74, 6) is 0.0429. The first-order valence-electron chi connectivity index (χ1n) is 14.0. The van der Waals surface area contributed by atoms with Crippen LogP contribution in [0.1, 0.15) is 78.7 Å². The van der Waals surface area contributed by atoms with E-state index in [0.717, 1.165) is 43.5 Å². The van der Waals surface area contributed by atoms with Gasteiger partial charge in [-0.3, -0.25) is 4.79 Å². The monoisotopic (exact) mass is 517 g/mol. The van der Waals surface area contributed by atoms with Crippen LogP contribution in [0.5, 0.6) is 0 Å². The van der Waals surface area contributed by atoms with Crippen molar-refractivity contribution in [2.24, 2.45) is 5.92 Å². The lowest BCUT2D eigenvalue weighted by atomic mass is 9.85. The molecule has 2 amide bonds. The van der Waals surface area contributed by atoms with Crippen molar-refractivity contribution in [1.82, 2.24) is 10.2 Å². The standard InChI is InChI=1S/C29H44FN3O4/c1-19(15-33-18-29(4,5)24-14-23(30)11-12-25(24)33)31-28(35)37-26(13-22-9-7-6-8-10-22)27(34)32-16-20(2)36-21(3)17-32/h11-12,14,19-22,26H,6-10,13,15-18H2,1-5H3,(H,31,35)/t19-,20-,21+,26-/m0/s1. The number of amides is 2. The number of benzene rings is 1. The van der Waals surface area contributed by atoms with E-state index < -0.39 is 12.2 Å². The fourth-order valence-electron chi connectivity index (χ4n) is 6.36. The molecule has 1 aromatic carbocycles. The number of anilines is 1. The van der Waals surface area contributed by atoms with Gasteiger partial charge in [0, 0.05) is 43.3 Å². The topological polar surface area (TPSA) is 71.1 Å². The van der Waals surface area contributed by atoms with Crippen LogP contribution in [0.25, 0.3) is 0 Å². The Morgan fingerprint density at radius 2 is 1.84 bits per heavy atom. The summed E-state index contributed by atoms with van der Waals surface area (Å²) in [7, 11) is 0. The molecule has 1 saturated carbocycles. The molecule has 2 aliphatic heterocycles. The molecule has 1 aromatic rings. The number of nitrogens with one attached hydrogen (secondary N) is 1. The molecule has 1 aliphatic carbocycles. The van der Waals surface area contributed by atoms with E-state index in [1.165, 1.54) is 12.5 Å². The maximum Gasteiger partial charge on any atom is 0.408 e. The molecule has 8 heteroatoms. The van der Waals surface area contributed by atoms with E-state index in [-0.39, 0.29) is 35.4 Å². The Balaban J connectivity index is 1.38. The lowest BCUT2D eigenvalue weighted by Crippen LogP contribution is -2.53. The molecule has 2 fully saturated rings. The van der Waals surface area contributed by atoms with Gasteiger partial charge in [-0.2, -0.15) is 0 Å². The van der Waals surface area contributed by atoms with Gasteiger partial charge < -0.3 is 24.6 Å². The molecule has 0 spiro atoms. The van der Waals surface area contributed by atoms with Crippen molar-refractivity contribution in [2.75, 3.05) is 31.1 Å². The van der Waals surface area contributed by atoms with Gasteiger partial charge in [0.2, 0.25) is 0 Å². The molecule has 0 radical (unpaired) electrons. The van der Waals surface area contributed by atoms with Gasteiger partial charge in [0.25, 0.3) is 5.91 Å². The zero-order valence-electron chi connectivity index (χ0n) is 23.1. The lowest BCUT2D eigenvalue weighted by Gasteiger charge is -2.37. The van der Waals surface area contributed by atoms with E-state index in [1.807, 2.05) is 26.8 Å². The third-order valence-corrected chi connectivity index (χ3v) is 8.00. The third kappa shape index (κ3) is 6.95. The van der Waals surface area contributed by atoms with Gasteiger partial charge in [-0.05, 0) is 56.9 Å². The average molecular weight is 518 g/mol. The summed E-state index contributed by atoms with van der Waals surface area (Å²) in [5, 5.41) is 2.95. The zero-order valence-corrected chi connectivity index (χ0v) is 23.1. The van der Waals surface area contributed by atoms with Gasteiger partial charge in [-0.25, -0.2) is 9.18 Å². The van der Waals surface area contributed by atoms with Crippen molar-refractivity contribution in [3.05, 3.63) is 29.6 Å². The number of ether oxygens (including phenoxy) is 2. The summed E-state index contributed by atoms with van der Waals surface area (Å²) < 4.78 is 25.5. The van der Waals surface area contributed by atoms with E-state index in [0.29, 0.717) is 32.0 Å². The van der Waals surface area contributed by atoms with Crippen LogP contribution in [0.4, 0.5) is 14.9 Å². The Morgan fingerprint density at radius 1 is 1.16 bits per heavy atom. The van der Waals surface area contributed by atoms with Crippen LogP contribution in [0, 0.1) is 11.7 Å². The molecule has 1 N–H and O–H groups in total.